The molecule has 1 aliphatic rings. The molecule has 0 bridgehead atoms. The van der Waals surface area contributed by atoms with Gasteiger partial charge in [0.05, 0.1) is 5.25 Å². The molecule has 0 aromatic rings. The summed E-state index contributed by atoms with van der Waals surface area (Å²) in [4.78, 5) is -3.57. The predicted octanol–water partition coefficient (Wildman–Crippen LogP) is 1.30. The Labute approximate surface area is 89.5 Å². The molecule has 0 heterocycles. The molecule has 0 aliphatic heterocycles. The van der Waals surface area contributed by atoms with Crippen molar-refractivity contribution in [2.75, 3.05) is 6.26 Å². The van der Waals surface area contributed by atoms with Crippen molar-refractivity contribution < 1.29 is 22.3 Å². The second-order valence-corrected chi connectivity index (χ2v) is 6.86. The maximum atomic E-state index is 13.0. The molecule has 0 aromatic heterocycles. The molecule has 0 aromatic carbocycles. The minimum atomic E-state index is -3.65. The zero-order valence-electron chi connectivity index (χ0n) is 7.50. The fourth-order valence-corrected chi connectivity index (χ4v) is 4.04. The quantitative estimate of drug-likeness (QED) is 0.781. The van der Waals surface area contributed by atoms with Crippen LogP contribution in [0.2, 0.25) is 0 Å². The van der Waals surface area contributed by atoms with Gasteiger partial charge >= 0.3 is 4.83 Å². The summed E-state index contributed by atoms with van der Waals surface area (Å²) < 4.78 is 48.4. The summed E-state index contributed by atoms with van der Waals surface area (Å²) in [5, 5.41) is 8.26. The summed E-state index contributed by atoms with van der Waals surface area (Å²) in [6.07, 6.45) is 1.03. The SMILES string of the molecule is CS(=O)(=O)C1CCCC1(O)C(F)(F)Br. The third kappa shape index (κ3) is 1.94. The molecule has 0 radical (unpaired) electrons. The van der Waals surface area contributed by atoms with Crippen molar-refractivity contribution in [1.29, 1.82) is 0 Å². The molecule has 1 saturated carbocycles. The topological polar surface area (TPSA) is 54.4 Å². The molecule has 14 heavy (non-hydrogen) atoms. The van der Waals surface area contributed by atoms with Crippen LogP contribution in [0.3, 0.4) is 0 Å². The lowest BCUT2D eigenvalue weighted by Gasteiger charge is -2.32. The normalized spacial score (nSPS) is 34.8. The maximum Gasteiger partial charge on any atom is 0.330 e. The van der Waals surface area contributed by atoms with Crippen LogP contribution in [0.1, 0.15) is 19.3 Å². The van der Waals surface area contributed by atoms with Crippen molar-refractivity contribution in [3.05, 3.63) is 0 Å². The van der Waals surface area contributed by atoms with Gasteiger partial charge in [-0.15, -0.1) is 0 Å². The number of sulfone groups is 1. The van der Waals surface area contributed by atoms with Crippen LogP contribution in [0.4, 0.5) is 8.78 Å². The lowest BCUT2D eigenvalue weighted by molar-refractivity contribution is -0.108. The summed E-state index contributed by atoms with van der Waals surface area (Å²) in [7, 11) is -3.65. The fourth-order valence-electron chi connectivity index (χ4n) is 1.85. The third-order valence-electron chi connectivity index (χ3n) is 2.56. The Balaban J connectivity index is 3.11. The van der Waals surface area contributed by atoms with Crippen molar-refractivity contribution in [1.82, 2.24) is 0 Å². The second-order valence-electron chi connectivity index (χ2n) is 3.63. The van der Waals surface area contributed by atoms with E-state index in [9.17, 15) is 22.3 Å². The number of rotatable bonds is 2. The van der Waals surface area contributed by atoms with Crippen molar-refractivity contribution >= 4 is 25.8 Å². The first-order valence-electron chi connectivity index (χ1n) is 4.07. The summed E-state index contributed by atoms with van der Waals surface area (Å²) in [6, 6.07) is 0. The van der Waals surface area contributed by atoms with Crippen LogP contribution in [-0.2, 0) is 9.84 Å². The molecule has 7 heteroatoms. The van der Waals surface area contributed by atoms with E-state index in [1.807, 2.05) is 15.9 Å². The van der Waals surface area contributed by atoms with E-state index in [1.54, 1.807) is 0 Å². The van der Waals surface area contributed by atoms with Gasteiger partial charge in [-0.25, -0.2) is 8.42 Å². The van der Waals surface area contributed by atoms with Gasteiger partial charge in [-0.1, -0.05) is 0 Å². The summed E-state index contributed by atoms with van der Waals surface area (Å²) >= 11 is 2.05. The Morgan fingerprint density at radius 2 is 2.07 bits per heavy atom. The minimum absolute atomic E-state index is 0.0799. The molecule has 0 saturated heterocycles. The largest absolute Gasteiger partial charge is 0.381 e. The zero-order valence-corrected chi connectivity index (χ0v) is 9.91. The van der Waals surface area contributed by atoms with Gasteiger partial charge in [0, 0.05) is 6.26 Å². The van der Waals surface area contributed by atoms with Crippen molar-refractivity contribution in [2.24, 2.45) is 0 Å². The number of aliphatic hydroxyl groups is 1. The first kappa shape index (κ1) is 12.3. The standard InChI is InChI=1S/C7H11BrF2O3S/c1-14(12,13)5-3-2-4-6(5,11)7(8,9)10/h5,11H,2-4H2,1H3. The third-order valence-corrected chi connectivity index (χ3v) is 4.91. The van der Waals surface area contributed by atoms with Crippen molar-refractivity contribution in [3.63, 3.8) is 0 Å². The van der Waals surface area contributed by atoms with E-state index < -0.39 is 25.5 Å². The van der Waals surface area contributed by atoms with E-state index in [-0.39, 0.29) is 19.3 Å². The predicted molar refractivity (Wildman–Crippen MR) is 51.3 cm³/mol. The average Bonchev–Trinajstić information content (AvgIpc) is 2.28. The van der Waals surface area contributed by atoms with Crippen LogP contribution in [0, 0.1) is 0 Å². The molecule has 84 valence electrons. The van der Waals surface area contributed by atoms with Gasteiger partial charge in [0.1, 0.15) is 0 Å². The van der Waals surface area contributed by atoms with Crippen LogP contribution < -0.4 is 0 Å². The van der Waals surface area contributed by atoms with Gasteiger partial charge in [0.15, 0.2) is 15.4 Å². The number of halogens is 3. The summed E-state index contributed by atoms with van der Waals surface area (Å²) in [5.41, 5.74) is -2.47. The Hall–Kier alpha value is 0.250. The smallest absolute Gasteiger partial charge is 0.330 e. The van der Waals surface area contributed by atoms with E-state index >= 15 is 0 Å². The molecule has 0 amide bonds. The van der Waals surface area contributed by atoms with Crippen molar-refractivity contribution in [2.45, 2.75) is 34.9 Å². The van der Waals surface area contributed by atoms with Crippen LogP contribution >= 0.6 is 15.9 Å². The summed E-state index contributed by atoms with van der Waals surface area (Å²) in [6.45, 7) is 0. The van der Waals surface area contributed by atoms with Gasteiger partial charge in [-0.2, -0.15) is 8.78 Å². The van der Waals surface area contributed by atoms with Crippen molar-refractivity contribution in [3.8, 4) is 0 Å². The highest BCUT2D eigenvalue weighted by Crippen LogP contribution is 2.47. The first-order chi connectivity index (χ1) is 6.09. The van der Waals surface area contributed by atoms with E-state index in [1.165, 1.54) is 0 Å². The van der Waals surface area contributed by atoms with E-state index in [0.717, 1.165) is 6.26 Å². The molecule has 0 spiro atoms. The van der Waals surface area contributed by atoms with Crippen LogP contribution in [0.5, 0.6) is 0 Å². The Bertz CT molecular complexity index is 324. The lowest BCUT2D eigenvalue weighted by Crippen LogP contribution is -2.52. The van der Waals surface area contributed by atoms with Gasteiger partial charge in [-0.3, -0.25) is 0 Å². The van der Waals surface area contributed by atoms with E-state index in [4.69, 9.17) is 0 Å². The fraction of sp³-hybridized carbons (Fsp3) is 1.00. The van der Waals surface area contributed by atoms with Crippen LogP contribution in [-0.4, -0.2) is 35.5 Å². The molecular weight excluding hydrogens is 282 g/mol. The highest BCUT2D eigenvalue weighted by Gasteiger charge is 2.61. The minimum Gasteiger partial charge on any atom is -0.381 e. The Morgan fingerprint density at radius 3 is 2.36 bits per heavy atom. The molecule has 1 aliphatic carbocycles. The highest BCUT2D eigenvalue weighted by molar-refractivity contribution is 9.10. The highest BCUT2D eigenvalue weighted by atomic mass is 79.9. The number of alkyl halides is 3. The molecule has 1 fully saturated rings. The zero-order chi connectivity index (χ0) is 11.2. The molecule has 1 rings (SSSR count). The molecular formula is C7H11BrF2O3S. The molecule has 1 N–H and O–H groups in total. The average molecular weight is 293 g/mol. The second kappa shape index (κ2) is 3.38. The number of hydrogen-bond acceptors (Lipinski definition) is 3. The molecule has 2 unspecified atom stereocenters. The maximum absolute atomic E-state index is 13.0. The van der Waals surface area contributed by atoms with Gasteiger partial charge in [0.2, 0.25) is 0 Å². The summed E-state index contributed by atoms with van der Waals surface area (Å²) in [5.74, 6) is 0. The van der Waals surface area contributed by atoms with Gasteiger partial charge in [-0.05, 0) is 35.2 Å². The monoisotopic (exact) mass is 292 g/mol. The van der Waals surface area contributed by atoms with Crippen LogP contribution in [0.25, 0.3) is 0 Å². The van der Waals surface area contributed by atoms with E-state index in [2.05, 4.69) is 0 Å². The Morgan fingerprint density at radius 1 is 1.57 bits per heavy atom. The lowest BCUT2D eigenvalue weighted by atomic mass is 10.0. The molecule has 3 nitrogen and oxygen atoms in total. The molecule has 2 atom stereocenters. The first-order valence-corrected chi connectivity index (χ1v) is 6.82. The van der Waals surface area contributed by atoms with E-state index in [0.29, 0.717) is 0 Å². The van der Waals surface area contributed by atoms with Gasteiger partial charge in [0.25, 0.3) is 0 Å². The number of hydrogen-bond donors (Lipinski definition) is 1. The van der Waals surface area contributed by atoms with Crippen LogP contribution in [0.15, 0.2) is 0 Å². The van der Waals surface area contributed by atoms with Gasteiger partial charge < -0.3 is 5.11 Å². The Kier molecular flexibility index (Phi) is 2.98.